The summed E-state index contributed by atoms with van der Waals surface area (Å²) in [5, 5.41) is 0. The first-order valence-corrected chi connectivity index (χ1v) is 7.19. The molecule has 0 N–H and O–H groups in total. The Hall–Kier alpha value is -1.45. The number of carbonyl (C=O) groups is 1. The molecule has 0 radical (unpaired) electrons. The van der Waals surface area contributed by atoms with Crippen LogP contribution in [0, 0.1) is 11.9 Å². The molecule has 1 aromatic rings. The van der Waals surface area contributed by atoms with Crippen molar-refractivity contribution >= 4 is 5.91 Å². The molecular formula is C15H19FN2O. The summed E-state index contributed by atoms with van der Waals surface area (Å²) < 4.78 is 13.1. The maximum Gasteiger partial charge on any atom is 0.272 e. The summed E-state index contributed by atoms with van der Waals surface area (Å²) in [5.74, 6) is -0.0424. The summed E-state index contributed by atoms with van der Waals surface area (Å²) >= 11 is 0. The highest BCUT2D eigenvalue weighted by Gasteiger charge is 2.36. The van der Waals surface area contributed by atoms with Gasteiger partial charge in [0, 0.05) is 12.6 Å². The van der Waals surface area contributed by atoms with E-state index in [0.717, 1.165) is 19.4 Å². The lowest BCUT2D eigenvalue weighted by atomic mass is 9.78. The van der Waals surface area contributed by atoms with Crippen molar-refractivity contribution in [2.75, 3.05) is 6.54 Å². The molecule has 102 valence electrons. The van der Waals surface area contributed by atoms with Gasteiger partial charge in [0.2, 0.25) is 5.95 Å². The Kier molecular flexibility index (Phi) is 3.49. The summed E-state index contributed by atoms with van der Waals surface area (Å²) in [7, 11) is 0. The number of pyridine rings is 1. The van der Waals surface area contributed by atoms with Crippen LogP contribution >= 0.6 is 0 Å². The van der Waals surface area contributed by atoms with Crippen molar-refractivity contribution in [3.63, 3.8) is 0 Å². The molecule has 2 aliphatic rings. The normalized spacial score (nSPS) is 26.9. The number of amides is 1. The summed E-state index contributed by atoms with van der Waals surface area (Å²) in [5.41, 5.74) is 0.242. The molecular weight excluding hydrogens is 243 g/mol. The maximum atomic E-state index is 13.1. The number of hydrogen-bond donors (Lipinski definition) is 0. The lowest BCUT2D eigenvalue weighted by Crippen LogP contribution is -2.49. The topological polar surface area (TPSA) is 33.2 Å². The summed E-state index contributed by atoms with van der Waals surface area (Å²) in [6.07, 6.45) is 7.08. The van der Waals surface area contributed by atoms with Gasteiger partial charge in [0.15, 0.2) is 0 Å². The number of halogens is 1. The first-order valence-electron chi connectivity index (χ1n) is 7.19. The van der Waals surface area contributed by atoms with E-state index < -0.39 is 5.95 Å². The second kappa shape index (κ2) is 5.27. The molecule has 1 aliphatic carbocycles. The van der Waals surface area contributed by atoms with Crippen LogP contribution in [0.4, 0.5) is 4.39 Å². The van der Waals surface area contributed by atoms with Gasteiger partial charge in [0.25, 0.3) is 5.91 Å². The third-order valence-corrected chi connectivity index (χ3v) is 4.44. The van der Waals surface area contributed by atoms with Gasteiger partial charge >= 0.3 is 0 Å². The predicted octanol–water partition coefficient (Wildman–Crippen LogP) is 3.02. The highest BCUT2D eigenvalue weighted by Crippen LogP contribution is 2.35. The molecule has 0 bridgehead atoms. The summed E-state index contributed by atoms with van der Waals surface area (Å²) in [4.78, 5) is 18.2. The molecule has 2 heterocycles. The fourth-order valence-corrected chi connectivity index (χ4v) is 3.55. The summed E-state index contributed by atoms with van der Waals surface area (Å²) in [6.45, 7) is 0.790. The van der Waals surface area contributed by atoms with E-state index in [1.807, 2.05) is 4.90 Å². The Labute approximate surface area is 112 Å². The van der Waals surface area contributed by atoms with Crippen LogP contribution in [-0.2, 0) is 0 Å². The van der Waals surface area contributed by atoms with Crippen LogP contribution in [-0.4, -0.2) is 28.4 Å². The zero-order valence-corrected chi connectivity index (χ0v) is 11.0. The number of hydrogen-bond acceptors (Lipinski definition) is 2. The third kappa shape index (κ3) is 2.48. The van der Waals surface area contributed by atoms with Crippen LogP contribution in [0.25, 0.3) is 0 Å². The van der Waals surface area contributed by atoms with Crippen LogP contribution in [0.2, 0.25) is 0 Å². The van der Waals surface area contributed by atoms with Crippen molar-refractivity contribution in [2.45, 2.75) is 44.6 Å². The average Bonchev–Trinajstić information content (AvgIpc) is 2.46. The van der Waals surface area contributed by atoms with Gasteiger partial charge in [-0.05, 0) is 43.7 Å². The van der Waals surface area contributed by atoms with Crippen molar-refractivity contribution in [1.82, 2.24) is 9.88 Å². The number of fused-ring (bicyclic) bond motifs is 1. The Morgan fingerprint density at radius 2 is 2.00 bits per heavy atom. The van der Waals surface area contributed by atoms with Crippen LogP contribution < -0.4 is 0 Å². The van der Waals surface area contributed by atoms with E-state index in [1.54, 1.807) is 12.1 Å². The van der Waals surface area contributed by atoms with E-state index in [9.17, 15) is 9.18 Å². The zero-order chi connectivity index (χ0) is 13.2. The van der Waals surface area contributed by atoms with Crippen LogP contribution in [0.15, 0.2) is 18.2 Å². The average molecular weight is 262 g/mol. The second-order valence-electron chi connectivity index (χ2n) is 5.60. The summed E-state index contributed by atoms with van der Waals surface area (Å²) in [6, 6.07) is 4.78. The monoisotopic (exact) mass is 262 g/mol. The fourth-order valence-electron chi connectivity index (χ4n) is 3.55. The maximum absolute atomic E-state index is 13.1. The molecule has 1 aromatic heterocycles. The van der Waals surface area contributed by atoms with E-state index in [4.69, 9.17) is 0 Å². The van der Waals surface area contributed by atoms with E-state index in [1.165, 1.54) is 31.7 Å². The van der Waals surface area contributed by atoms with Crippen LogP contribution in [0.3, 0.4) is 0 Å². The lowest BCUT2D eigenvalue weighted by Gasteiger charge is -2.44. The quantitative estimate of drug-likeness (QED) is 0.729. The molecule has 3 nitrogen and oxygen atoms in total. The van der Waals surface area contributed by atoms with Crippen molar-refractivity contribution in [3.05, 3.63) is 29.8 Å². The highest BCUT2D eigenvalue weighted by atomic mass is 19.1. The molecule has 1 saturated heterocycles. The van der Waals surface area contributed by atoms with Gasteiger partial charge in [-0.15, -0.1) is 0 Å². The number of piperidine rings is 1. The molecule has 2 fully saturated rings. The molecule has 0 unspecified atom stereocenters. The van der Waals surface area contributed by atoms with Crippen LogP contribution in [0.5, 0.6) is 0 Å². The molecule has 4 heteroatoms. The highest BCUT2D eigenvalue weighted by molar-refractivity contribution is 5.92. The molecule has 1 aliphatic heterocycles. The van der Waals surface area contributed by atoms with Gasteiger partial charge in [0.1, 0.15) is 5.69 Å². The molecule has 19 heavy (non-hydrogen) atoms. The molecule has 0 aromatic carbocycles. The molecule has 0 spiro atoms. The van der Waals surface area contributed by atoms with Crippen molar-refractivity contribution in [2.24, 2.45) is 5.92 Å². The SMILES string of the molecule is O=C(c1cccc(F)n1)N1CCC[C@H]2CCCC[C@H]21. The van der Waals surface area contributed by atoms with Gasteiger partial charge in [-0.25, -0.2) is 4.98 Å². The Morgan fingerprint density at radius 1 is 1.21 bits per heavy atom. The largest absolute Gasteiger partial charge is 0.334 e. The Morgan fingerprint density at radius 3 is 2.84 bits per heavy atom. The Bertz CT molecular complexity index is 475. The number of nitrogens with zero attached hydrogens (tertiary/aromatic N) is 2. The minimum Gasteiger partial charge on any atom is -0.334 e. The Balaban J connectivity index is 1.82. The lowest BCUT2D eigenvalue weighted by molar-refractivity contribution is 0.0384. The van der Waals surface area contributed by atoms with Gasteiger partial charge < -0.3 is 4.90 Å². The number of aromatic nitrogens is 1. The van der Waals surface area contributed by atoms with Crippen molar-refractivity contribution in [3.8, 4) is 0 Å². The van der Waals surface area contributed by atoms with Gasteiger partial charge in [-0.3, -0.25) is 4.79 Å². The minimum atomic E-state index is -0.581. The van der Waals surface area contributed by atoms with Gasteiger partial charge in [-0.2, -0.15) is 4.39 Å². The number of rotatable bonds is 1. The van der Waals surface area contributed by atoms with E-state index in [-0.39, 0.29) is 11.6 Å². The molecule has 1 amide bonds. The van der Waals surface area contributed by atoms with E-state index in [2.05, 4.69) is 4.98 Å². The van der Waals surface area contributed by atoms with Gasteiger partial charge in [0.05, 0.1) is 0 Å². The van der Waals surface area contributed by atoms with Crippen molar-refractivity contribution < 1.29 is 9.18 Å². The number of likely N-dealkylation sites (tertiary alicyclic amines) is 1. The number of carbonyl (C=O) groups excluding carboxylic acids is 1. The van der Waals surface area contributed by atoms with Gasteiger partial charge in [-0.1, -0.05) is 18.9 Å². The first kappa shape index (κ1) is 12.6. The van der Waals surface area contributed by atoms with E-state index in [0.29, 0.717) is 12.0 Å². The minimum absolute atomic E-state index is 0.101. The molecule has 1 saturated carbocycles. The fraction of sp³-hybridized carbons (Fsp3) is 0.600. The second-order valence-corrected chi connectivity index (χ2v) is 5.60. The molecule has 2 atom stereocenters. The third-order valence-electron chi connectivity index (χ3n) is 4.44. The van der Waals surface area contributed by atoms with Crippen LogP contribution in [0.1, 0.15) is 49.0 Å². The van der Waals surface area contributed by atoms with Crippen molar-refractivity contribution in [1.29, 1.82) is 0 Å². The zero-order valence-electron chi connectivity index (χ0n) is 11.0. The standard InChI is InChI=1S/C15H19FN2O/c16-14-9-3-7-12(17-14)15(19)18-10-4-6-11-5-1-2-8-13(11)18/h3,7,9,11,13H,1-2,4-6,8,10H2/t11-,13-/m1/s1. The predicted molar refractivity (Wildman–Crippen MR) is 70.2 cm³/mol. The van der Waals surface area contributed by atoms with E-state index >= 15 is 0 Å². The smallest absolute Gasteiger partial charge is 0.272 e. The first-order chi connectivity index (χ1) is 9.25. The molecule has 3 rings (SSSR count).